The zero-order valence-corrected chi connectivity index (χ0v) is 11.2. The van der Waals surface area contributed by atoms with E-state index in [0.29, 0.717) is 19.3 Å². The van der Waals surface area contributed by atoms with E-state index >= 15 is 0 Å². The second kappa shape index (κ2) is 5.08. The number of ether oxygens (including phenoxy) is 2. The van der Waals surface area contributed by atoms with E-state index in [9.17, 15) is 5.11 Å². The first kappa shape index (κ1) is 12.9. The fourth-order valence-electron chi connectivity index (χ4n) is 3.82. The smallest absolute Gasteiger partial charge is 0.169 e. The first-order valence-corrected chi connectivity index (χ1v) is 7.38. The van der Waals surface area contributed by atoms with E-state index in [2.05, 4.69) is 12.2 Å². The number of rotatable bonds is 1. The predicted molar refractivity (Wildman–Crippen MR) is 68.2 cm³/mol. The van der Waals surface area contributed by atoms with Crippen molar-refractivity contribution in [2.24, 2.45) is 11.8 Å². The van der Waals surface area contributed by atoms with E-state index in [-0.39, 0.29) is 17.8 Å². The number of piperidine rings is 1. The molecule has 4 nitrogen and oxygen atoms in total. The molecule has 2 saturated heterocycles. The summed E-state index contributed by atoms with van der Waals surface area (Å²) in [6, 6.07) is 0.425. The van der Waals surface area contributed by atoms with Crippen molar-refractivity contribution in [3.05, 3.63) is 0 Å². The van der Waals surface area contributed by atoms with E-state index in [1.54, 1.807) is 0 Å². The van der Waals surface area contributed by atoms with Crippen LogP contribution in [-0.4, -0.2) is 42.8 Å². The van der Waals surface area contributed by atoms with Gasteiger partial charge >= 0.3 is 0 Å². The standard InChI is InChI=1S/C14H25NO3/c1-10-3-5-15-12(8-10)11-9-14(4-2-13(11)16)17-6-7-18-14/h10-13,15-16H,2-9H2,1H3. The highest BCUT2D eigenvalue weighted by Crippen LogP contribution is 2.41. The highest BCUT2D eigenvalue weighted by molar-refractivity contribution is 4.95. The molecule has 0 aromatic heterocycles. The Morgan fingerprint density at radius 3 is 2.72 bits per heavy atom. The molecule has 3 rings (SSSR count). The van der Waals surface area contributed by atoms with Crippen molar-refractivity contribution in [2.75, 3.05) is 19.8 Å². The van der Waals surface area contributed by atoms with Gasteiger partial charge in [-0.1, -0.05) is 6.92 Å². The molecule has 0 amide bonds. The predicted octanol–water partition coefficient (Wildman–Crippen LogP) is 1.28. The molecule has 3 aliphatic rings. The van der Waals surface area contributed by atoms with Crippen LogP contribution in [0, 0.1) is 11.8 Å². The van der Waals surface area contributed by atoms with Crippen LogP contribution in [0.15, 0.2) is 0 Å². The van der Waals surface area contributed by atoms with Crippen molar-refractivity contribution in [1.82, 2.24) is 5.32 Å². The molecule has 1 saturated carbocycles. The van der Waals surface area contributed by atoms with Crippen LogP contribution in [-0.2, 0) is 9.47 Å². The molecule has 0 radical (unpaired) electrons. The average Bonchev–Trinajstić information content (AvgIpc) is 2.81. The molecule has 0 bridgehead atoms. The number of hydrogen-bond acceptors (Lipinski definition) is 4. The van der Waals surface area contributed by atoms with Gasteiger partial charge in [0.25, 0.3) is 0 Å². The van der Waals surface area contributed by atoms with Gasteiger partial charge in [-0.2, -0.15) is 0 Å². The Hall–Kier alpha value is -0.160. The van der Waals surface area contributed by atoms with Crippen LogP contribution < -0.4 is 5.32 Å². The summed E-state index contributed by atoms with van der Waals surface area (Å²) in [7, 11) is 0. The molecule has 1 spiro atoms. The lowest BCUT2D eigenvalue weighted by molar-refractivity contribution is -0.206. The Labute approximate surface area is 109 Å². The summed E-state index contributed by atoms with van der Waals surface area (Å²) >= 11 is 0. The Morgan fingerprint density at radius 2 is 2.00 bits per heavy atom. The molecule has 4 heteroatoms. The maximum atomic E-state index is 10.3. The summed E-state index contributed by atoms with van der Waals surface area (Å²) in [4.78, 5) is 0. The number of hydrogen-bond donors (Lipinski definition) is 2. The highest BCUT2D eigenvalue weighted by Gasteiger charge is 2.47. The largest absolute Gasteiger partial charge is 0.393 e. The summed E-state index contributed by atoms with van der Waals surface area (Å²) in [5.41, 5.74) is 0. The van der Waals surface area contributed by atoms with Crippen molar-refractivity contribution in [1.29, 1.82) is 0 Å². The lowest BCUT2D eigenvalue weighted by atomic mass is 9.74. The molecule has 18 heavy (non-hydrogen) atoms. The van der Waals surface area contributed by atoms with Crippen LogP contribution in [0.1, 0.15) is 39.0 Å². The van der Waals surface area contributed by atoms with Gasteiger partial charge in [-0.25, -0.2) is 0 Å². The van der Waals surface area contributed by atoms with E-state index in [1.165, 1.54) is 6.42 Å². The Bertz CT molecular complexity index is 291. The van der Waals surface area contributed by atoms with E-state index in [4.69, 9.17) is 9.47 Å². The normalized spacial score (nSPS) is 44.3. The van der Waals surface area contributed by atoms with Gasteiger partial charge in [0.2, 0.25) is 0 Å². The highest BCUT2D eigenvalue weighted by atomic mass is 16.7. The Balaban J connectivity index is 1.68. The molecule has 2 aliphatic heterocycles. The van der Waals surface area contributed by atoms with Gasteiger partial charge < -0.3 is 19.9 Å². The third-order valence-electron chi connectivity index (χ3n) is 4.89. The summed E-state index contributed by atoms with van der Waals surface area (Å²) in [6.45, 7) is 4.79. The van der Waals surface area contributed by atoms with Crippen LogP contribution in [0.3, 0.4) is 0 Å². The van der Waals surface area contributed by atoms with E-state index in [1.807, 2.05) is 0 Å². The van der Waals surface area contributed by atoms with Gasteiger partial charge in [0.15, 0.2) is 5.79 Å². The molecule has 0 aromatic carbocycles. The van der Waals surface area contributed by atoms with Crippen molar-refractivity contribution in [3.63, 3.8) is 0 Å². The van der Waals surface area contributed by atoms with Crippen LogP contribution in [0.25, 0.3) is 0 Å². The number of nitrogens with one attached hydrogen (secondary N) is 1. The summed E-state index contributed by atoms with van der Waals surface area (Å²) in [6.07, 6.45) is 4.70. The molecular weight excluding hydrogens is 230 g/mol. The van der Waals surface area contributed by atoms with Crippen LogP contribution >= 0.6 is 0 Å². The first-order chi connectivity index (χ1) is 8.69. The SMILES string of the molecule is CC1CCNC(C2CC3(CCC2O)OCCO3)C1. The summed E-state index contributed by atoms with van der Waals surface area (Å²) < 4.78 is 11.6. The van der Waals surface area contributed by atoms with Crippen LogP contribution in [0.5, 0.6) is 0 Å². The maximum Gasteiger partial charge on any atom is 0.169 e. The molecule has 1 aliphatic carbocycles. The molecule has 2 heterocycles. The summed E-state index contributed by atoms with van der Waals surface area (Å²) in [5.74, 6) is 0.651. The average molecular weight is 255 g/mol. The molecular formula is C14H25NO3. The van der Waals surface area contributed by atoms with Crippen molar-refractivity contribution in [2.45, 2.75) is 57.0 Å². The minimum atomic E-state index is -0.383. The minimum absolute atomic E-state index is 0.203. The molecule has 4 atom stereocenters. The minimum Gasteiger partial charge on any atom is -0.393 e. The summed E-state index contributed by atoms with van der Waals surface area (Å²) in [5, 5.41) is 13.9. The molecule has 4 unspecified atom stereocenters. The number of aliphatic hydroxyl groups is 1. The monoisotopic (exact) mass is 255 g/mol. The zero-order valence-electron chi connectivity index (χ0n) is 11.2. The van der Waals surface area contributed by atoms with Gasteiger partial charge in [-0.3, -0.25) is 0 Å². The maximum absolute atomic E-state index is 10.3. The lowest BCUT2D eigenvalue weighted by Gasteiger charge is -2.44. The first-order valence-electron chi connectivity index (χ1n) is 7.38. The van der Waals surface area contributed by atoms with Gasteiger partial charge in [0, 0.05) is 24.8 Å². The molecule has 3 fully saturated rings. The lowest BCUT2D eigenvalue weighted by Crippen LogP contribution is -2.52. The van der Waals surface area contributed by atoms with Crippen molar-refractivity contribution < 1.29 is 14.6 Å². The quantitative estimate of drug-likeness (QED) is 0.741. The second-order valence-corrected chi connectivity index (χ2v) is 6.27. The second-order valence-electron chi connectivity index (χ2n) is 6.27. The fourth-order valence-corrected chi connectivity index (χ4v) is 3.82. The van der Waals surface area contributed by atoms with Gasteiger partial charge in [-0.05, 0) is 31.7 Å². The topological polar surface area (TPSA) is 50.7 Å². The molecule has 104 valence electrons. The fraction of sp³-hybridized carbons (Fsp3) is 1.00. The van der Waals surface area contributed by atoms with Crippen molar-refractivity contribution in [3.8, 4) is 0 Å². The van der Waals surface area contributed by atoms with Crippen LogP contribution in [0.4, 0.5) is 0 Å². The third kappa shape index (κ3) is 2.44. The van der Waals surface area contributed by atoms with Gasteiger partial charge in [-0.15, -0.1) is 0 Å². The van der Waals surface area contributed by atoms with Crippen LogP contribution in [0.2, 0.25) is 0 Å². The Morgan fingerprint density at radius 1 is 1.22 bits per heavy atom. The Kier molecular flexibility index (Phi) is 3.63. The molecule has 2 N–H and O–H groups in total. The molecule has 0 aromatic rings. The van der Waals surface area contributed by atoms with Gasteiger partial charge in [0.05, 0.1) is 19.3 Å². The third-order valence-corrected chi connectivity index (χ3v) is 4.89. The van der Waals surface area contributed by atoms with E-state index < -0.39 is 0 Å². The number of aliphatic hydroxyl groups excluding tert-OH is 1. The van der Waals surface area contributed by atoms with Crippen molar-refractivity contribution >= 4 is 0 Å². The van der Waals surface area contributed by atoms with E-state index in [0.717, 1.165) is 38.1 Å². The zero-order chi connectivity index (χ0) is 12.6. The van der Waals surface area contributed by atoms with Gasteiger partial charge in [0.1, 0.15) is 0 Å².